The Balaban J connectivity index is 1.48. The zero-order valence-electron chi connectivity index (χ0n) is 29.8. The van der Waals surface area contributed by atoms with Crippen LogP contribution in [-0.4, -0.2) is 139 Å². The monoisotopic (exact) mass is 919 g/mol. The molecule has 8 atom stereocenters. The highest BCUT2D eigenvalue weighted by Crippen LogP contribution is 2.61. The van der Waals surface area contributed by atoms with Gasteiger partial charge < -0.3 is 60.7 Å². The number of amides is 2. The molecule has 3 heterocycles. The van der Waals surface area contributed by atoms with E-state index in [0.29, 0.717) is 11.8 Å². The van der Waals surface area contributed by atoms with Crippen LogP contribution in [0.25, 0.3) is 11.2 Å². The van der Waals surface area contributed by atoms with Crippen LogP contribution in [-0.2, 0) is 59.8 Å². The highest BCUT2D eigenvalue weighted by Gasteiger charge is 2.50. The van der Waals surface area contributed by atoms with Gasteiger partial charge in [0.05, 0.1) is 19.5 Å². The third kappa shape index (κ3) is 15.3. The van der Waals surface area contributed by atoms with E-state index in [9.17, 15) is 62.4 Å². The molecule has 2 amide bonds. The maximum Gasteiger partial charge on any atom is 0.481 e. The van der Waals surface area contributed by atoms with Crippen LogP contribution in [0.3, 0.4) is 0 Å². The van der Waals surface area contributed by atoms with E-state index in [1.54, 1.807) is 0 Å². The lowest BCUT2D eigenvalue weighted by Crippen LogP contribution is -2.46. The van der Waals surface area contributed by atoms with Gasteiger partial charge in [-0.1, -0.05) is 25.6 Å². The molecule has 0 saturated carbocycles. The largest absolute Gasteiger partial charge is 0.481 e. The summed E-state index contributed by atoms with van der Waals surface area (Å²) in [5.41, 5.74) is 4.16. The van der Waals surface area contributed by atoms with E-state index < -0.39 is 104 Å². The van der Waals surface area contributed by atoms with E-state index >= 15 is 0 Å². The number of ether oxygens (including phenoxy) is 1. The second-order valence-electron chi connectivity index (χ2n) is 12.5. The average molecular weight is 920 g/mol. The lowest BCUT2D eigenvalue weighted by Gasteiger charge is -2.30. The van der Waals surface area contributed by atoms with Crippen molar-refractivity contribution in [3.63, 3.8) is 0 Å². The highest BCUT2D eigenvalue weighted by atomic mass is 32.2. The number of hydrogen-bond donors (Lipinski definition) is 11. The molecule has 33 heteroatoms. The van der Waals surface area contributed by atoms with Gasteiger partial charge in [0.25, 0.3) is 0 Å². The maximum absolute atomic E-state index is 12.7. The van der Waals surface area contributed by atoms with Gasteiger partial charge in [-0.15, -0.1) is 0 Å². The minimum Gasteiger partial charge on any atom is -0.386 e. The summed E-state index contributed by atoms with van der Waals surface area (Å²) in [6.07, 6.45) is -8.63. The summed E-state index contributed by atoms with van der Waals surface area (Å²) in [6.45, 7) is 1.12. The summed E-state index contributed by atoms with van der Waals surface area (Å²) >= 11 is 0.651. The van der Waals surface area contributed by atoms with Crippen LogP contribution in [0, 0.1) is 5.41 Å². The number of aliphatic hydroxyl groups excluding tert-OH is 2. The third-order valence-electron chi connectivity index (χ3n) is 7.37. The van der Waals surface area contributed by atoms with Crippen LogP contribution in [0.15, 0.2) is 12.7 Å². The highest BCUT2D eigenvalue weighted by molar-refractivity contribution is 8.13. The summed E-state index contributed by atoms with van der Waals surface area (Å²) in [5.74, 6) is -1.66. The van der Waals surface area contributed by atoms with E-state index in [4.69, 9.17) is 29.3 Å². The Labute approximate surface area is 325 Å². The van der Waals surface area contributed by atoms with Crippen molar-refractivity contribution in [2.75, 3.05) is 37.8 Å². The molecule has 0 aliphatic carbocycles. The van der Waals surface area contributed by atoms with Gasteiger partial charge in [-0.05, 0) is 6.92 Å². The Morgan fingerprint density at radius 3 is 2.28 bits per heavy atom. The first kappa shape index (κ1) is 49.0. The first-order valence-corrected chi connectivity index (χ1v) is 22.9. The average Bonchev–Trinajstić information content (AvgIpc) is 3.63. The van der Waals surface area contributed by atoms with Crippen molar-refractivity contribution in [2.45, 2.75) is 63.9 Å². The SMILES string of the molecule is CC(OP(=O)(O)O)C(=O)SCCNC(=O)CCNC(=O)C(O)C(C)(C)COP(=O)(O)OP(=O)(O)OCC1OC(n2cnc3c(N)ncnc32)C(O)C1OP(=O)(O)O. The molecule has 1 aliphatic rings. The summed E-state index contributed by atoms with van der Waals surface area (Å²) in [7, 11) is -21.4. The molecule has 2 aromatic heterocycles. The lowest BCUT2D eigenvalue weighted by atomic mass is 9.87. The van der Waals surface area contributed by atoms with Gasteiger partial charge >= 0.3 is 31.3 Å². The number of phosphoric acid groups is 4. The number of nitrogens with zero attached hydrogens (tertiary/aromatic N) is 4. The molecule has 324 valence electrons. The molecule has 0 radical (unpaired) electrons. The summed E-state index contributed by atoms with van der Waals surface area (Å²) < 4.78 is 76.9. The molecule has 0 spiro atoms. The molecule has 1 saturated heterocycles. The maximum atomic E-state index is 12.7. The van der Waals surface area contributed by atoms with Crippen LogP contribution in [0.1, 0.15) is 33.4 Å². The van der Waals surface area contributed by atoms with E-state index in [2.05, 4.69) is 38.9 Å². The molecule has 8 unspecified atom stereocenters. The number of carbonyl (C=O) groups excluding carboxylic acids is 3. The number of fused-ring (bicyclic) bond motifs is 1. The van der Waals surface area contributed by atoms with Crippen molar-refractivity contribution in [1.29, 1.82) is 0 Å². The number of hydrogen-bond acceptors (Lipinski definition) is 20. The Kier molecular flexibility index (Phi) is 17.1. The van der Waals surface area contributed by atoms with Crippen molar-refractivity contribution in [2.24, 2.45) is 5.41 Å². The molecule has 28 nitrogen and oxygen atoms in total. The van der Waals surface area contributed by atoms with Gasteiger partial charge in [0.15, 0.2) is 17.7 Å². The predicted octanol–water partition coefficient (Wildman–Crippen LogP) is -1.84. The lowest BCUT2D eigenvalue weighted by molar-refractivity contribution is -0.137. The zero-order valence-corrected chi connectivity index (χ0v) is 34.2. The Morgan fingerprint density at radius 2 is 1.65 bits per heavy atom. The topological polar surface area (TPSA) is 430 Å². The van der Waals surface area contributed by atoms with Crippen LogP contribution in [0.4, 0.5) is 5.82 Å². The van der Waals surface area contributed by atoms with Crippen molar-refractivity contribution in [3.8, 4) is 0 Å². The number of anilines is 1. The van der Waals surface area contributed by atoms with Gasteiger partial charge in [-0.25, -0.2) is 33.2 Å². The molecule has 0 bridgehead atoms. The van der Waals surface area contributed by atoms with E-state index in [-0.39, 0.29) is 42.2 Å². The summed E-state index contributed by atoms with van der Waals surface area (Å²) in [5, 5.41) is 25.4. The van der Waals surface area contributed by atoms with Crippen molar-refractivity contribution >= 4 is 77.0 Å². The van der Waals surface area contributed by atoms with Gasteiger partial charge in [0, 0.05) is 30.7 Å². The van der Waals surface area contributed by atoms with Crippen LogP contribution < -0.4 is 16.4 Å². The fraction of sp³-hybridized carbons (Fsp3) is 0.667. The number of carbonyl (C=O) groups is 3. The predicted molar refractivity (Wildman–Crippen MR) is 190 cm³/mol. The number of nitrogen functional groups attached to an aromatic ring is 1. The van der Waals surface area contributed by atoms with Gasteiger partial charge in [0.2, 0.25) is 16.9 Å². The van der Waals surface area contributed by atoms with Gasteiger partial charge in [0.1, 0.15) is 42.4 Å². The number of aliphatic hydroxyl groups is 2. The minimum atomic E-state index is -5.60. The smallest absolute Gasteiger partial charge is 0.386 e. The van der Waals surface area contributed by atoms with Gasteiger partial charge in [-0.2, -0.15) is 4.31 Å². The third-order valence-corrected chi connectivity index (χ3v) is 12.1. The number of thioether (sulfide) groups is 1. The van der Waals surface area contributed by atoms with Crippen molar-refractivity contribution < 1.29 is 99.4 Å². The number of rotatable bonds is 22. The van der Waals surface area contributed by atoms with Crippen molar-refractivity contribution in [3.05, 3.63) is 12.7 Å². The molecule has 12 N–H and O–H groups in total. The fourth-order valence-electron chi connectivity index (χ4n) is 4.65. The molecular formula is C24H41N7O21P4S. The quantitative estimate of drug-likeness (QED) is 0.0457. The number of phosphoric ester groups is 4. The molecule has 57 heavy (non-hydrogen) atoms. The number of nitrogens with two attached hydrogens (primary N) is 1. The second kappa shape index (κ2) is 19.8. The number of nitrogens with one attached hydrogen (secondary N) is 2. The first-order valence-electron chi connectivity index (χ1n) is 15.9. The van der Waals surface area contributed by atoms with Crippen LogP contribution >= 0.6 is 43.1 Å². The van der Waals surface area contributed by atoms with E-state index in [1.165, 1.54) is 13.8 Å². The Bertz CT molecular complexity index is 1950. The number of imidazole rings is 1. The molecule has 3 rings (SSSR count). The molecule has 1 fully saturated rings. The fourth-order valence-corrected chi connectivity index (χ4v) is 8.74. The van der Waals surface area contributed by atoms with Gasteiger partial charge in [-0.3, -0.25) is 37.0 Å². The molecule has 1 aliphatic heterocycles. The molecule has 2 aromatic rings. The summed E-state index contributed by atoms with van der Waals surface area (Å²) in [6, 6.07) is 0. The first-order chi connectivity index (χ1) is 26.1. The van der Waals surface area contributed by atoms with Crippen molar-refractivity contribution in [1.82, 2.24) is 30.2 Å². The molecular weight excluding hydrogens is 878 g/mol. The normalized spacial score (nSPS) is 22.4. The molecule has 0 aromatic carbocycles. The second-order valence-corrected chi connectivity index (χ2v) is 19.0. The zero-order chi connectivity index (χ0) is 43.1. The number of aromatic nitrogens is 4. The summed E-state index contributed by atoms with van der Waals surface area (Å²) in [4.78, 5) is 105. The minimum absolute atomic E-state index is 0.0122. The van der Waals surface area contributed by atoms with E-state index in [0.717, 1.165) is 24.1 Å². The van der Waals surface area contributed by atoms with E-state index in [1.807, 2.05) is 0 Å². The van der Waals surface area contributed by atoms with Crippen LogP contribution in [0.5, 0.6) is 0 Å². The Hall–Kier alpha value is -2.33. The standard InChI is InChI=1S/C24H41N7O21P4S/c1-12(50-53(37,38)39)23(36)57-7-6-26-14(32)4-5-27-21(35)18(34)24(2,3)9-48-56(45,46)52-55(43,44)47-8-13-17(51-54(40,41)42)16(33)22(49-13)31-11-30-15-19(25)28-10-29-20(15)31/h10-13,16-18,22,33-34H,4-9H2,1-3H3,(H,26,32)(H,27,35)(H,43,44)(H,45,46)(H2,25,28,29)(H2,37,38,39)(H2,40,41,42). The van der Waals surface area contributed by atoms with Crippen LogP contribution in [0.2, 0.25) is 0 Å². The Morgan fingerprint density at radius 1 is 1.00 bits per heavy atom.